The average Bonchev–Trinajstić information content (AvgIpc) is 3.36. The number of halogens is 3. The molecule has 0 spiro atoms. The molecule has 0 bridgehead atoms. The van der Waals surface area contributed by atoms with Gasteiger partial charge in [0.2, 0.25) is 5.91 Å². The third-order valence-electron chi connectivity index (χ3n) is 4.80. The van der Waals surface area contributed by atoms with Gasteiger partial charge in [-0.15, -0.1) is 0 Å². The van der Waals surface area contributed by atoms with E-state index in [1.54, 1.807) is 0 Å². The maximum absolute atomic E-state index is 14.1. The van der Waals surface area contributed by atoms with Crippen LogP contribution in [0, 0.1) is 17.5 Å². The van der Waals surface area contributed by atoms with Gasteiger partial charge < -0.3 is 9.88 Å². The Balaban J connectivity index is 1.55. The number of hydrogen-bond acceptors (Lipinski definition) is 2. The number of nitrogens with zero attached hydrogens (tertiary/aromatic N) is 2. The van der Waals surface area contributed by atoms with Gasteiger partial charge in [0.15, 0.2) is 17.5 Å². The van der Waals surface area contributed by atoms with Gasteiger partial charge in [0.25, 0.3) is 0 Å². The molecule has 0 fully saturated rings. The quantitative estimate of drug-likeness (QED) is 0.545. The van der Waals surface area contributed by atoms with E-state index in [0.717, 1.165) is 36.6 Å². The van der Waals surface area contributed by atoms with Crippen LogP contribution >= 0.6 is 0 Å². The minimum atomic E-state index is -1.60. The summed E-state index contributed by atoms with van der Waals surface area (Å²) < 4.78 is 43.3. The molecule has 1 unspecified atom stereocenters. The largest absolute Gasteiger partial charge is 0.346 e. The number of benzene rings is 2. The Morgan fingerprint density at radius 2 is 2.00 bits per heavy atom. The van der Waals surface area contributed by atoms with Gasteiger partial charge in [0.05, 0.1) is 18.1 Å². The Kier molecular flexibility index (Phi) is 4.73. The molecule has 1 atom stereocenters. The highest BCUT2D eigenvalue weighted by atomic mass is 19.2. The number of amides is 1. The van der Waals surface area contributed by atoms with Gasteiger partial charge in [-0.2, -0.15) is 0 Å². The minimum Gasteiger partial charge on any atom is -0.346 e. The van der Waals surface area contributed by atoms with Crippen LogP contribution in [0.1, 0.15) is 29.2 Å². The lowest BCUT2D eigenvalue weighted by atomic mass is 10.1. The maximum Gasteiger partial charge on any atom is 0.244 e. The summed E-state index contributed by atoms with van der Waals surface area (Å²) in [6, 6.07) is 8.85. The molecule has 142 valence electrons. The molecule has 1 amide bonds. The van der Waals surface area contributed by atoms with E-state index < -0.39 is 23.4 Å². The van der Waals surface area contributed by atoms with Crippen LogP contribution in [0.3, 0.4) is 0 Å². The van der Waals surface area contributed by atoms with Crippen LogP contribution < -0.4 is 5.32 Å². The van der Waals surface area contributed by atoms with Crippen LogP contribution in [0.25, 0.3) is 11.8 Å². The van der Waals surface area contributed by atoms with Gasteiger partial charge >= 0.3 is 0 Å². The molecule has 3 aromatic rings. The van der Waals surface area contributed by atoms with E-state index >= 15 is 0 Å². The molecule has 7 heteroatoms. The molecule has 1 N–H and O–H groups in total. The lowest BCUT2D eigenvalue weighted by Gasteiger charge is -2.12. The van der Waals surface area contributed by atoms with Gasteiger partial charge in [0, 0.05) is 24.0 Å². The van der Waals surface area contributed by atoms with Crippen LogP contribution in [0.15, 0.2) is 55.1 Å². The first-order valence-electron chi connectivity index (χ1n) is 8.77. The maximum atomic E-state index is 14.1. The highest BCUT2D eigenvalue weighted by Gasteiger charge is 2.23. The first kappa shape index (κ1) is 18.0. The van der Waals surface area contributed by atoms with Gasteiger partial charge in [-0.3, -0.25) is 4.79 Å². The second kappa shape index (κ2) is 7.34. The Bertz CT molecular complexity index is 1060. The number of hydrogen-bond donors (Lipinski definition) is 1. The van der Waals surface area contributed by atoms with Gasteiger partial charge in [-0.05, 0) is 36.1 Å². The van der Waals surface area contributed by atoms with Crippen molar-refractivity contribution in [1.82, 2.24) is 14.9 Å². The number of imidazole rings is 1. The molecule has 1 aliphatic carbocycles. The van der Waals surface area contributed by atoms with Gasteiger partial charge in [0.1, 0.15) is 0 Å². The van der Waals surface area contributed by atoms with Crippen LogP contribution in [0.4, 0.5) is 13.2 Å². The molecule has 0 saturated heterocycles. The molecular formula is C21H16F3N3O. The summed E-state index contributed by atoms with van der Waals surface area (Å²) in [7, 11) is 0. The number of fused-ring (bicyclic) bond motifs is 1. The van der Waals surface area contributed by atoms with Gasteiger partial charge in [-0.1, -0.05) is 24.3 Å². The van der Waals surface area contributed by atoms with Crippen molar-refractivity contribution in [3.05, 3.63) is 89.3 Å². The van der Waals surface area contributed by atoms with E-state index in [4.69, 9.17) is 0 Å². The molecule has 4 nitrogen and oxygen atoms in total. The second-order valence-corrected chi connectivity index (χ2v) is 6.53. The highest BCUT2D eigenvalue weighted by molar-refractivity contribution is 5.92. The SMILES string of the molecule is O=C(/C=C/c1cc(-n2ccnc2)c(F)c(F)c1F)NC1CCc2ccccc21. The Labute approximate surface area is 159 Å². The third-order valence-corrected chi connectivity index (χ3v) is 4.80. The summed E-state index contributed by atoms with van der Waals surface area (Å²) in [5.41, 5.74) is 1.82. The Morgan fingerprint density at radius 3 is 2.79 bits per heavy atom. The highest BCUT2D eigenvalue weighted by Crippen LogP contribution is 2.30. The molecule has 28 heavy (non-hydrogen) atoms. The summed E-state index contributed by atoms with van der Waals surface area (Å²) in [5.74, 6) is -4.71. The predicted molar refractivity (Wildman–Crippen MR) is 98.1 cm³/mol. The molecule has 1 aromatic heterocycles. The normalized spacial score (nSPS) is 15.8. The van der Waals surface area contributed by atoms with Crippen LogP contribution in [0.5, 0.6) is 0 Å². The summed E-state index contributed by atoms with van der Waals surface area (Å²) in [5, 5.41) is 2.86. The van der Waals surface area contributed by atoms with Crippen molar-refractivity contribution in [2.45, 2.75) is 18.9 Å². The van der Waals surface area contributed by atoms with E-state index in [2.05, 4.69) is 10.3 Å². The monoisotopic (exact) mass is 383 g/mol. The standard InChI is InChI=1S/C21H16F3N3O/c22-19-14(11-17(20(23)21(19)24)27-10-9-25-12-27)6-8-18(28)26-16-7-5-13-3-1-2-4-15(13)16/h1-4,6,8-12,16H,5,7H2,(H,26,28)/b8-6+. The fourth-order valence-electron chi connectivity index (χ4n) is 3.41. The summed E-state index contributed by atoms with van der Waals surface area (Å²) in [6.07, 6.45) is 7.98. The molecule has 2 aromatic carbocycles. The zero-order valence-electron chi connectivity index (χ0n) is 14.7. The topological polar surface area (TPSA) is 46.9 Å². The molecule has 4 rings (SSSR count). The molecular weight excluding hydrogens is 367 g/mol. The van der Waals surface area contributed by atoms with Crippen molar-refractivity contribution in [3.63, 3.8) is 0 Å². The van der Waals surface area contributed by atoms with Gasteiger partial charge in [-0.25, -0.2) is 18.2 Å². The van der Waals surface area contributed by atoms with E-state index in [9.17, 15) is 18.0 Å². The zero-order valence-corrected chi connectivity index (χ0v) is 14.7. The Morgan fingerprint density at radius 1 is 1.18 bits per heavy atom. The number of aryl methyl sites for hydroxylation is 1. The molecule has 0 saturated carbocycles. The minimum absolute atomic E-state index is 0.121. The first-order chi connectivity index (χ1) is 13.5. The van der Waals surface area contributed by atoms with Crippen molar-refractivity contribution >= 4 is 12.0 Å². The lowest BCUT2D eigenvalue weighted by Crippen LogP contribution is -2.25. The fraction of sp³-hybridized carbons (Fsp3) is 0.143. The molecule has 1 aliphatic rings. The van der Waals surface area contributed by atoms with Crippen molar-refractivity contribution in [3.8, 4) is 5.69 Å². The fourth-order valence-corrected chi connectivity index (χ4v) is 3.41. The number of carbonyl (C=O) groups is 1. The number of nitrogens with one attached hydrogen (secondary N) is 1. The van der Waals surface area contributed by atoms with Crippen LogP contribution in [-0.4, -0.2) is 15.5 Å². The van der Waals surface area contributed by atoms with E-state index in [1.165, 1.54) is 28.9 Å². The Hall–Kier alpha value is -3.35. The molecule has 0 aliphatic heterocycles. The average molecular weight is 383 g/mol. The first-order valence-corrected chi connectivity index (χ1v) is 8.77. The van der Waals surface area contributed by atoms with Crippen molar-refractivity contribution in [2.24, 2.45) is 0 Å². The number of carbonyl (C=O) groups excluding carboxylic acids is 1. The van der Waals surface area contributed by atoms with Crippen LogP contribution in [0.2, 0.25) is 0 Å². The van der Waals surface area contributed by atoms with Crippen LogP contribution in [-0.2, 0) is 11.2 Å². The number of rotatable bonds is 4. The van der Waals surface area contributed by atoms with Crippen molar-refractivity contribution in [2.75, 3.05) is 0 Å². The zero-order chi connectivity index (χ0) is 19.7. The lowest BCUT2D eigenvalue weighted by molar-refractivity contribution is -0.117. The molecule has 1 heterocycles. The summed E-state index contributed by atoms with van der Waals surface area (Å²) in [6.45, 7) is 0. The predicted octanol–water partition coefficient (Wildman–Crippen LogP) is 4.11. The van der Waals surface area contributed by atoms with E-state index in [1.807, 2.05) is 24.3 Å². The van der Waals surface area contributed by atoms with Crippen molar-refractivity contribution < 1.29 is 18.0 Å². The summed E-state index contributed by atoms with van der Waals surface area (Å²) in [4.78, 5) is 16.0. The number of aromatic nitrogens is 2. The van der Waals surface area contributed by atoms with Crippen molar-refractivity contribution in [1.29, 1.82) is 0 Å². The molecule has 0 radical (unpaired) electrons. The third kappa shape index (κ3) is 3.31. The van der Waals surface area contributed by atoms with E-state index in [-0.39, 0.29) is 17.3 Å². The smallest absolute Gasteiger partial charge is 0.244 e. The van der Waals surface area contributed by atoms with E-state index in [0.29, 0.717) is 0 Å². The second-order valence-electron chi connectivity index (χ2n) is 6.53. The summed E-state index contributed by atoms with van der Waals surface area (Å²) >= 11 is 0.